The van der Waals surface area contributed by atoms with Gasteiger partial charge in [0.15, 0.2) is 0 Å². The minimum Gasteiger partial charge on any atom is -0.497 e. The van der Waals surface area contributed by atoms with E-state index in [1.165, 1.54) is 0 Å². The Hall–Kier alpha value is -3.13. The second-order valence-corrected chi connectivity index (χ2v) is 7.18. The maximum atomic E-state index is 12.8. The molecular formula is C20H23N5O3. The van der Waals surface area contributed by atoms with Crippen LogP contribution in [-0.4, -0.2) is 44.2 Å². The third-order valence-electron chi connectivity index (χ3n) is 5.20. The number of rotatable bonds is 6. The predicted octanol–water partition coefficient (Wildman–Crippen LogP) is 2.06. The quantitative estimate of drug-likeness (QED) is 0.606. The summed E-state index contributed by atoms with van der Waals surface area (Å²) in [5, 5.41) is 24.0. The minimum atomic E-state index is -0.296. The van der Waals surface area contributed by atoms with Crippen molar-refractivity contribution in [2.24, 2.45) is 13.0 Å². The summed E-state index contributed by atoms with van der Waals surface area (Å²) in [6.45, 7) is 0. The second kappa shape index (κ2) is 7.47. The van der Waals surface area contributed by atoms with Crippen molar-refractivity contribution in [3.8, 4) is 17.0 Å². The molecule has 2 heterocycles. The molecule has 3 aromatic rings. The molecule has 1 aromatic carbocycles. The molecule has 1 fully saturated rings. The Morgan fingerprint density at radius 2 is 2.11 bits per heavy atom. The first-order chi connectivity index (χ1) is 13.5. The van der Waals surface area contributed by atoms with E-state index >= 15 is 0 Å². The van der Waals surface area contributed by atoms with Gasteiger partial charge in [-0.1, -0.05) is 0 Å². The van der Waals surface area contributed by atoms with E-state index in [1.54, 1.807) is 24.1 Å². The number of ether oxygens (including phenoxy) is 1. The van der Waals surface area contributed by atoms with E-state index < -0.39 is 0 Å². The zero-order valence-electron chi connectivity index (χ0n) is 15.8. The fourth-order valence-electron chi connectivity index (χ4n) is 3.54. The topological polar surface area (TPSA) is 105 Å². The van der Waals surface area contributed by atoms with Crippen LogP contribution in [0.2, 0.25) is 0 Å². The van der Waals surface area contributed by atoms with Crippen molar-refractivity contribution in [1.82, 2.24) is 25.3 Å². The van der Waals surface area contributed by atoms with E-state index in [4.69, 9.17) is 4.74 Å². The lowest BCUT2D eigenvalue weighted by Gasteiger charge is -2.37. The number of benzene rings is 1. The SMILES string of the molecule is COc1ccc(-c2cc(C(=O)NC(c3cnn(C)c3)C3CC(O)C3)[nH]n2)cc1. The summed E-state index contributed by atoms with van der Waals surface area (Å²) in [5.41, 5.74) is 2.90. The molecule has 0 bridgehead atoms. The summed E-state index contributed by atoms with van der Waals surface area (Å²) in [6, 6.07) is 9.02. The molecule has 146 valence electrons. The molecule has 0 radical (unpaired) electrons. The van der Waals surface area contributed by atoms with E-state index in [0.29, 0.717) is 24.2 Å². The zero-order chi connectivity index (χ0) is 19.7. The molecule has 1 amide bonds. The standard InChI is InChI=1S/C20H23N5O3/c1-25-11-14(10-21-25)19(13-7-15(26)8-13)22-20(27)18-9-17(23-24-18)12-3-5-16(28-2)6-4-12/h3-6,9-11,13,15,19,26H,7-8H2,1-2H3,(H,22,27)(H,23,24). The highest BCUT2D eigenvalue weighted by molar-refractivity contribution is 5.93. The third kappa shape index (κ3) is 3.63. The fourth-order valence-corrected chi connectivity index (χ4v) is 3.54. The van der Waals surface area contributed by atoms with Crippen LogP contribution >= 0.6 is 0 Å². The number of H-pyrrole nitrogens is 1. The lowest BCUT2D eigenvalue weighted by molar-refractivity contribution is 0.0234. The van der Waals surface area contributed by atoms with Crippen LogP contribution in [0, 0.1) is 5.92 Å². The van der Waals surface area contributed by atoms with Gasteiger partial charge in [0.25, 0.3) is 5.91 Å². The highest BCUT2D eigenvalue weighted by Gasteiger charge is 2.36. The van der Waals surface area contributed by atoms with Crippen LogP contribution in [0.25, 0.3) is 11.3 Å². The monoisotopic (exact) mass is 381 g/mol. The number of aliphatic hydroxyl groups excluding tert-OH is 1. The smallest absolute Gasteiger partial charge is 0.269 e. The van der Waals surface area contributed by atoms with E-state index in [2.05, 4.69) is 20.6 Å². The van der Waals surface area contributed by atoms with Crippen molar-refractivity contribution in [3.05, 3.63) is 54.0 Å². The summed E-state index contributed by atoms with van der Waals surface area (Å²) < 4.78 is 6.87. The van der Waals surface area contributed by atoms with Crippen LogP contribution in [0.3, 0.4) is 0 Å². The molecule has 1 aliphatic rings. The van der Waals surface area contributed by atoms with E-state index in [1.807, 2.05) is 37.5 Å². The molecule has 8 nitrogen and oxygen atoms in total. The van der Waals surface area contributed by atoms with Gasteiger partial charge in [-0.3, -0.25) is 14.6 Å². The first-order valence-corrected chi connectivity index (χ1v) is 9.21. The van der Waals surface area contributed by atoms with E-state index in [-0.39, 0.29) is 24.0 Å². The van der Waals surface area contributed by atoms with Gasteiger partial charge in [0.2, 0.25) is 0 Å². The molecule has 1 unspecified atom stereocenters. The zero-order valence-corrected chi connectivity index (χ0v) is 15.8. The average molecular weight is 381 g/mol. The molecule has 28 heavy (non-hydrogen) atoms. The number of nitrogens with zero attached hydrogens (tertiary/aromatic N) is 3. The Morgan fingerprint density at radius 3 is 2.71 bits per heavy atom. The maximum Gasteiger partial charge on any atom is 0.269 e. The Morgan fingerprint density at radius 1 is 1.36 bits per heavy atom. The fraction of sp³-hybridized carbons (Fsp3) is 0.350. The molecular weight excluding hydrogens is 358 g/mol. The molecule has 1 atom stereocenters. The van der Waals surface area contributed by atoms with Crippen molar-refractivity contribution >= 4 is 5.91 Å². The van der Waals surface area contributed by atoms with Gasteiger partial charge < -0.3 is 15.2 Å². The Bertz CT molecular complexity index is 956. The van der Waals surface area contributed by atoms with Crippen molar-refractivity contribution in [1.29, 1.82) is 0 Å². The number of aromatic nitrogens is 4. The molecule has 1 aliphatic carbocycles. The van der Waals surface area contributed by atoms with E-state index in [9.17, 15) is 9.90 Å². The Labute approximate surface area is 162 Å². The molecule has 8 heteroatoms. The largest absolute Gasteiger partial charge is 0.497 e. The molecule has 0 spiro atoms. The van der Waals surface area contributed by atoms with Gasteiger partial charge in [-0.15, -0.1) is 0 Å². The number of aliphatic hydroxyl groups is 1. The highest BCUT2D eigenvalue weighted by atomic mass is 16.5. The number of hydrogen-bond acceptors (Lipinski definition) is 5. The normalized spacial score (nSPS) is 19.7. The molecule has 2 aromatic heterocycles. The van der Waals surface area contributed by atoms with Gasteiger partial charge in [0.1, 0.15) is 11.4 Å². The van der Waals surface area contributed by atoms with Gasteiger partial charge in [-0.05, 0) is 49.1 Å². The van der Waals surface area contributed by atoms with Crippen molar-refractivity contribution < 1.29 is 14.6 Å². The second-order valence-electron chi connectivity index (χ2n) is 7.18. The lowest BCUT2D eigenvalue weighted by atomic mass is 9.75. The molecule has 3 N–H and O–H groups in total. The number of aromatic amines is 1. The Balaban J connectivity index is 1.50. The van der Waals surface area contributed by atoms with Crippen molar-refractivity contribution in [2.45, 2.75) is 25.0 Å². The van der Waals surface area contributed by atoms with Gasteiger partial charge >= 0.3 is 0 Å². The van der Waals surface area contributed by atoms with Crippen LogP contribution in [-0.2, 0) is 7.05 Å². The van der Waals surface area contributed by atoms with Gasteiger partial charge in [-0.2, -0.15) is 10.2 Å². The summed E-state index contributed by atoms with van der Waals surface area (Å²) in [6.07, 6.45) is 4.69. The van der Waals surface area contributed by atoms with Crippen LogP contribution < -0.4 is 10.1 Å². The third-order valence-corrected chi connectivity index (χ3v) is 5.20. The first-order valence-electron chi connectivity index (χ1n) is 9.21. The average Bonchev–Trinajstić information content (AvgIpc) is 3.33. The maximum absolute atomic E-state index is 12.8. The van der Waals surface area contributed by atoms with Crippen molar-refractivity contribution in [2.75, 3.05) is 7.11 Å². The minimum absolute atomic E-state index is 0.187. The molecule has 0 saturated heterocycles. The van der Waals surface area contributed by atoms with Crippen LogP contribution in [0.5, 0.6) is 5.75 Å². The lowest BCUT2D eigenvalue weighted by Crippen LogP contribution is -2.41. The number of hydrogen-bond donors (Lipinski definition) is 3. The summed E-state index contributed by atoms with van der Waals surface area (Å²) >= 11 is 0. The number of carbonyl (C=O) groups is 1. The van der Waals surface area contributed by atoms with Gasteiger partial charge in [0.05, 0.1) is 31.1 Å². The van der Waals surface area contributed by atoms with Gasteiger partial charge in [0, 0.05) is 24.4 Å². The molecule has 1 saturated carbocycles. The number of nitrogens with one attached hydrogen (secondary N) is 2. The number of aryl methyl sites for hydroxylation is 1. The highest BCUT2D eigenvalue weighted by Crippen LogP contribution is 2.38. The summed E-state index contributed by atoms with van der Waals surface area (Å²) in [7, 11) is 3.46. The molecule has 4 rings (SSSR count). The van der Waals surface area contributed by atoms with Crippen molar-refractivity contribution in [3.63, 3.8) is 0 Å². The predicted molar refractivity (Wildman–Crippen MR) is 103 cm³/mol. The van der Waals surface area contributed by atoms with Gasteiger partial charge in [-0.25, -0.2) is 0 Å². The van der Waals surface area contributed by atoms with Crippen LogP contribution in [0.4, 0.5) is 0 Å². The molecule has 0 aliphatic heterocycles. The Kier molecular flexibility index (Phi) is 4.87. The number of carbonyl (C=O) groups excluding carboxylic acids is 1. The summed E-state index contributed by atoms with van der Waals surface area (Å²) in [4.78, 5) is 12.8. The van der Waals surface area contributed by atoms with Crippen LogP contribution in [0.15, 0.2) is 42.7 Å². The number of amides is 1. The number of methoxy groups -OCH3 is 1. The van der Waals surface area contributed by atoms with Crippen LogP contribution in [0.1, 0.15) is 34.9 Å². The first kappa shape index (κ1) is 18.2. The van der Waals surface area contributed by atoms with E-state index in [0.717, 1.165) is 16.9 Å². The summed E-state index contributed by atoms with van der Waals surface area (Å²) in [5.74, 6) is 0.717.